The summed E-state index contributed by atoms with van der Waals surface area (Å²) in [7, 11) is -1.51. The lowest BCUT2D eigenvalue weighted by Gasteiger charge is -2.36. The van der Waals surface area contributed by atoms with Gasteiger partial charge >= 0.3 is 12.3 Å². The van der Waals surface area contributed by atoms with E-state index in [1.54, 1.807) is 41.5 Å². The lowest BCUT2D eigenvalue weighted by Crippen LogP contribution is -2.60. The molecule has 310 valence electrons. The van der Waals surface area contributed by atoms with Crippen LogP contribution in [0.4, 0.5) is 18.0 Å². The van der Waals surface area contributed by atoms with Gasteiger partial charge in [0.15, 0.2) is 11.5 Å². The first-order valence-electron chi connectivity index (χ1n) is 17.7. The van der Waals surface area contributed by atoms with Crippen molar-refractivity contribution < 1.29 is 59.7 Å². The van der Waals surface area contributed by atoms with Gasteiger partial charge in [-0.25, -0.2) is 18.2 Å². The second-order valence-corrected chi connectivity index (χ2v) is 18.3. The van der Waals surface area contributed by atoms with Gasteiger partial charge in [-0.3, -0.25) is 19.1 Å². The second kappa shape index (κ2) is 15.6. The third-order valence-corrected chi connectivity index (χ3v) is 10.9. The van der Waals surface area contributed by atoms with Crippen molar-refractivity contribution in [2.45, 2.75) is 109 Å². The number of nitrogens with zero attached hydrogens (tertiary/aromatic N) is 3. The third kappa shape index (κ3) is 9.55. The summed E-state index contributed by atoms with van der Waals surface area (Å²) in [5, 5.41) is 4.21. The summed E-state index contributed by atoms with van der Waals surface area (Å²) in [5.41, 5.74) is -3.86. The number of benzene rings is 1. The normalized spacial score (nSPS) is 21.9. The summed E-state index contributed by atoms with van der Waals surface area (Å²) in [6, 6.07) is -0.220. The molecule has 1 saturated heterocycles. The molecule has 16 nitrogen and oxygen atoms in total. The van der Waals surface area contributed by atoms with Gasteiger partial charge in [0.1, 0.15) is 29.3 Å². The highest BCUT2D eigenvalue weighted by Gasteiger charge is 2.61. The molecule has 56 heavy (non-hydrogen) atoms. The molecular weight excluding hydrogens is 765 g/mol. The zero-order valence-corrected chi connectivity index (χ0v) is 33.7. The number of alkyl halides is 3. The number of hydrogen-bond donors (Lipinski definition) is 3. The predicted molar refractivity (Wildman–Crippen MR) is 196 cm³/mol. The fraction of sp³-hybridized carbons (Fsp3) is 0.611. The average Bonchev–Trinajstić information content (AvgIpc) is 3.63. The van der Waals surface area contributed by atoms with Gasteiger partial charge in [0.2, 0.25) is 33.5 Å². The largest absolute Gasteiger partial charge is 0.493 e. The zero-order valence-electron chi connectivity index (χ0n) is 32.9. The van der Waals surface area contributed by atoms with Gasteiger partial charge in [0.05, 0.1) is 36.9 Å². The Hall–Kier alpha value is -4.88. The van der Waals surface area contributed by atoms with Crippen LogP contribution in [0.2, 0.25) is 0 Å². The predicted octanol–water partition coefficient (Wildman–Crippen LogP) is 3.87. The van der Waals surface area contributed by atoms with Crippen LogP contribution in [0.1, 0.15) is 74.1 Å². The molecule has 1 aliphatic carbocycles. The molecule has 3 N–H and O–H groups in total. The first kappa shape index (κ1) is 43.8. The van der Waals surface area contributed by atoms with Crippen LogP contribution in [0, 0.1) is 11.3 Å². The SMILES string of the molecule is C=CC1C[C@]1(NC(=O)[C@@H]1C[C@@H](Oc2nc(C(F)(F)F)nc3cc(OC)c(OC)cc23)CN1C(=O)[C@@H](NC(=O)OC(C)(C)C)C(C)(C)C)C(=O)NS(=O)(=O)C(C)C. The molecule has 4 rings (SSSR count). The molecule has 0 bridgehead atoms. The van der Waals surface area contributed by atoms with Crippen LogP contribution in [0.25, 0.3) is 10.9 Å². The van der Waals surface area contributed by atoms with Crippen LogP contribution in [0.15, 0.2) is 24.8 Å². The van der Waals surface area contributed by atoms with Crippen molar-refractivity contribution in [2.75, 3.05) is 20.8 Å². The Balaban J connectivity index is 1.78. The quantitative estimate of drug-likeness (QED) is 0.262. The van der Waals surface area contributed by atoms with Gasteiger partial charge in [0.25, 0.3) is 5.91 Å². The summed E-state index contributed by atoms with van der Waals surface area (Å²) in [5.74, 6) is -5.23. The summed E-state index contributed by atoms with van der Waals surface area (Å²) in [4.78, 5) is 63.6. The van der Waals surface area contributed by atoms with E-state index in [1.807, 2.05) is 4.72 Å². The molecular formula is C36H49F3N6O10S. The Morgan fingerprint density at radius 3 is 2.12 bits per heavy atom. The lowest BCUT2D eigenvalue weighted by molar-refractivity contribution is -0.145. The van der Waals surface area contributed by atoms with Gasteiger partial charge in [-0.2, -0.15) is 18.2 Å². The topological polar surface area (TPSA) is 204 Å². The Morgan fingerprint density at radius 2 is 1.62 bits per heavy atom. The van der Waals surface area contributed by atoms with Crippen LogP contribution >= 0.6 is 0 Å². The Labute approximate surface area is 323 Å². The molecule has 1 saturated carbocycles. The summed E-state index contributed by atoms with van der Waals surface area (Å²) in [6.07, 6.45) is -6.08. The minimum atomic E-state index is -5.00. The number of rotatable bonds is 12. The van der Waals surface area contributed by atoms with Crippen molar-refractivity contribution in [3.63, 3.8) is 0 Å². The highest BCUT2D eigenvalue weighted by molar-refractivity contribution is 7.90. The number of likely N-dealkylation sites (tertiary alicyclic amines) is 1. The number of methoxy groups -OCH3 is 2. The molecule has 5 atom stereocenters. The number of carbonyl (C=O) groups excluding carboxylic acids is 4. The minimum Gasteiger partial charge on any atom is -0.493 e. The van der Waals surface area contributed by atoms with E-state index in [0.29, 0.717) is 0 Å². The van der Waals surface area contributed by atoms with Crippen molar-refractivity contribution in [1.29, 1.82) is 0 Å². The number of ether oxygens (including phenoxy) is 4. The van der Waals surface area contributed by atoms with Gasteiger partial charge in [-0.15, -0.1) is 6.58 Å². The maximum absolute atomic E-state index is 14.5. The first-order chi connectivity index (χ1) is 25.7. The average molecular weight is 815 g/mol. The Bertz CT molecular complexity index is 2000. The molecule has 2 fully saturated rings. The Kier molecular flexibility index (Phi) is 12.2. The third-order valence-electron chi connectivity index (χ3n) is 9.23. The number of sulfonamides is 1. The molecule has 2 heterocycles. The van der Waals surface area contributed by atoms with E-state index in [4.69, 9.17) is 18.9 Å². The molecule has 0 spiro atoms. The highest BCUT2D eigenvalue weighted by atomic mass is 32.2. The number of amides is 4. The molecule has 1 unspecified atom stereocenters. The van der Waals surface area contributed by atoms with Crippen molar-refractivity contribution in [3.8, 4) is 17.4 Å². The molecule has 4 amide bonds. The monoisotopic (exact) mass is 814 g/mol. The second-order valence-electron chi connectivity index (χ2n) is 16.0. The van der Waals surface area contributed by atoms with Crippen LogP contribution in [0.5, 0.6) is 17.4 Å². The van der Waals surface area contributed by atoms with Crippen molar-refractivity contribution in [1.82, 2.24) is 30.2 Å². The number of alkyl carbamates (subject to hydrolysis) is 1. The van der Waals surface area contributed by atoms with E-state index in [1.165, 1.54) is 46.3 Å². The van der Waals surface area contributed by atoms with Crippen LogP contribution < -0.4 is 29.6 Å². The van der Waals surface area contributed by atoms with Gasteiger partial charge in [-0.1, -0.05) is 26.8 Å². The number of hydrogen-bond acceptors (Lipinski definition) is 12. The smallest absolute Gasteiger partial charge is 0.451 e. The fourth-order valence-corrected chi connectivity index (χ4v) is 6.77. The molecule has 2 aliphatic rings. The minimum absolute atomic E-state index is 0.00520. The first-order valence-corrected chi connectivity index (χ1v) is 19.2. The molecule has 2 aromatic rings. The van der Waals surface area contributed by atoms with E-state index in [9.17, 15) is 40.8 Å². The van der Waals surface area contributed by atoms with Crippen molar-refractivity contribution >= 4 is 44.7 Å². The maximum Gasteiger partial charge on any atom is 0.451 e. The van der Waals surface area contributed by atoms with Crippen LogP contribution in [-0.4, -0.2) is 102 Å². The number of fused-ring (bicyclic) bond motifs is 1. The van der Waals surface area contributed by atoms with E-state index in [2.05, 4.69) is 27.2 Å². The number of halogens is 3. The summed E-state index contributed by atoms with van der Waals surface area (Å²) >= 11 is 0. The molecule has 20 heteroatoms. The van der Waals surface area contributed by atoms with Crippen molar-refractivity contribution in [2.24, 2.45) is 11.3 Å². The molecule has 1 aliphatic heterocycles. The number of carbonyl (C=O) groups is 4. The molecule has 0 radical (unpaired) electrons. The molecule has 1 aromatic heterocycles. The van der Waals surface area contributed by atoms with Crippen molar-refractivity contribution in [3.05, 3.63) is 30.6 Å². The van der Waals surface area contributed by atoms with Crippen LogP contribution in [-0.2, 0) is 35.3 Å². The zero-order chi connectivity index (χ0) is 42.3. The highest BCUT2D eigenvalue weighted by Crippen LogP contribution is 2.45. The van der Waals surface area contributed by atoms with Crippen LogP contribution in [0.3, 0.4) is 0 Å². The van der Waals surface area contributed by atoms with Gasteiger partial charge in [0, 0.05) is 18.4 Å². The number of nitrogens with one attached hydrogen (secondary N) is 3. The summed E-state index contributed by atoms with van der Waals surface area (Å²) in [6.45, 7) is 15.9. The van der Waals surface area contributed by atoms with Gasteiger partial charge in [-0.05, 0) is 52.5 Å². The van der Waals surface area contributed by atoms with E-state index >= 15 is 0 Å². The molecule has 1 aromatic carbocycles. The standard InChI is InChI=1S/C36H49F3N6O10S/c1-12-19-16-35(19,31(48)44-56(50,51)18(2)3)43-27(46)23-13-20(17-45(23)29(47)26(33(4,5)6)41-32(49)55-34(7,8)9)54-28-21-14-24(52-10)25(53-11)15-22(21)40-30(42-28)36(37,38)39/h12,14-15,18-20,23,26H,1,13,16-17H2,2-11H3,(H,41,49)(H,43,46)(H,44,48)/t19?,20-,23+,26-,35-/m1/s1. The van der Waals surface area contributed by atoms with E-state index in [0.717, 1.165) is 4.90 Å². The van der Waals surface area contributed by atoms with E-state index in [-0.39, 0.29) is 35.2 Å². The maximum atomic E-state index is 14.5. The van der Waals surface area contributed by atoms with E-state index < -0.39 is 104 Å². The lowest BCUT2D eigenvalue weighted by atomic mass is 9.85. The summed E-state index contributed by atoms with van der Waals surface area (Å²) < 4.78 is 91.5. The Morgan fingerprint density at radius 1 is 1.02 bits per heavy atom. The van der Waals surface area contributed by atoms with Gasteiger partial charge < -0.3 is 34.5 Å². The fourth-order valence-electron chi connectivity index (χ4n) is 6.09. The number of aromatic nitrogens is 2.